The maximum absolute atomic E-state index is 11.8. The third kappa shape index (κ3) is 6.27. The first-order valence-corrected chi connectivity index (χ1v) is 8.85. The van der Waals surface area contributed by atoms with Gasteiger partial charge in [-0.25, -0.2) is 0 Å². The first-order chi connectivity index (χ1) is 10.2. The predicted molar refractivity (Wildman–Crippen MR) is 92.1 cm³/mol. The maximum atomic E-state index is 11.8. The molecule has 0 saturated heterocycles. The summed E-state index contributed by atoms with van der Waals surface area (Å²) in [6, 6.07) is 18.5. The summed E-state index contributed by atoms with van der Waals surface area (Å²) in [5.41, 5.74) is 1.24. The van der Waals surface area contributed by atoms with Crippen molar-refractivity contribution in [2.45, 2.75) is 16.7 Å². The van der Waals surface area contributed by atoms with E-state index in [0.29, 0.717) is 12.3 Å². The second-order valence-corrected chi connectivity index (χ2v) is 6.83. The summed E-state index contributed by atoms with van der Waals surface area (Å²) in [5.74, 6) is 1.46. The van der Waals surface area contributed by atoms with E-state index in [9.17, 15) is 4.79 Å². The number of carbonyl (C=O) groups excluding carboxylic acids is 1. The van der Waals surface area contributed by atoms with Crippen LogP contribution >= 0.6 is 23.5 Å². The molecule has 0 atom stereocenters. The van der Waals surface area contributed by atoms with E-state index in [-0.39, 0.29) is 5.91 Å². The molecule has 2 rings (SSSR count). The molecule has 1 N–H and O–H groups in total. The highest BCUT2D eigenvalue weighted by atomic mass is 32.2. The summed E-state index contributed by atoms with van der Waals surface area (Å²) in [7, 11) is 0. The van der Waals surface area contributed by atoms with E-state index in [1.54, 1.807) is 23.5 Å². The number of aryl methyl sites for hydroxylation is 1. The number of carbonyl (C=O) groups is 1. The van der Waals surface area contributed by atoms with Crippen LogP contribution in [0.3, 0.4) is 0 Å². The summed E-state index contributed by atoms with van der Waals surface area (Å²) in [6.45, 7) is 2.76. The van der Waals surface area contributed by atoms with E-state index in [0.717, 1.165) is 10.6 Å². The second kappa shape index (κ2) is 8.80. The van der Waals surface area contributed by atoms with Crippen molar-refractivity contribution in [2.75, 3.05) is 18.1 Å². The molecule has 0 unspecified atom stereocenters. The number of amides is 1. The van der Waals surface area contributed by atoms with Crippen LogP contribution in [0, 0.1) is 6.92 Å². The molecule has 0 fully saturated rings. The Balaban J connectivity index is 1.60. The van der Waals surface area contributed by atoms with Gasteiger partial charge < -0.3 is 5.32 Å². The van der Waals surface area contributed by atoms with Crippen LogP contribution < -0.4 is 5.32 Å². The van der Waals surface area contributed by atoms with Gasteiger partial charge in [0.15, 0.2) is 0 Å². The van der Waals surface area contributed by atoms with E-state index in [4.69, 9.17) is 0 Å². The van der Waals surface area contributed by atoms with Gasteiger partial charge in [-0.15, -0.1) is 23.5 Å². The van der Waals surface area contributed by atoms with E-state index in [1.807, 2.05) is 18.2 Å². The van der Waals surface area contributed by atoms with Crippen molar-refractivity contribution in [3.8, 4) is 0 Å². The molecule has 2 aromatic carbocycles. The number of benzene rings is 2. The summed E-state index contributed by atoms with van der Waals surface area (Å²) in [4.78, 5) is 14.1. The molecule has 4 heteroatoms. The second-order valence-electron chi connectivity index (χ2n) is 4.61. The van der Waals surface area contributed by atoms with Gasteiger partial charge in [0.05, 0.1) is 5.75 Å². The lowest BCUT2D eigenvalue weighted by Gasteiger charge is -2.05. The van der Waals surface area contributed by atoms with Crippen LogP contribution in [0.2, 0.25) is 0 Å². The molecule has 2 aromatic rings. The third-order valence-electron chi connectivity index (χ3n) is 2.83. The van der Waals surface area contributed by atoms with Crippen LogP contribution in [-0.2, 0) is 4.79 Å². The molecule has 0 aliphatic rings. The molecule has 0 bridgehead atoms. The van der Waals surface area contributed by atoms with Crippen LogP contribution in [0.1, 0.15) is 5.56 Å². The molecule has 110 valence electrons. The molecular formula is C17H19NOS2. The Morgan fingerprint density at radius 2 is 1.62 bits per heavy atom. The number of nitrogens with one attached hydrogen (secondary N) is 1. The lowest BCUT2D eigenvalue weighted by Crippen LogP contribution is -2.27. The molecule has 0 saturated carbocycles. The molecule has 0 heterocycles. The Hall–Kier alpha value is -1.39. The van der Waals surface area contributed by atoms with Crippen molar-refractivity contribution in [1.29, 1.82) is 0 Å². The molecule has 0 aromatic heterocycles. The lowest BCUT2D eigenvalue weighted by atomic mass is 10.2. The molecule has 2 nitrogen and oxygen atoms in total. The summed E-state index contributed by atoms with van der Waals surface area (Å²) in [6.07, 6.45) is 0. The van der Waals surface area contributed by atoms with Gasteiger partial charge in [-0.2, -0.15) is 0 Å². The standard InChI is InChI=1S/C17H19NOS2/c1-14-7-9-16(10-8-14)21-13-17(19)18-11-12-20-15-5-3-2-4-6-15/h2-10H,11-13H2,1H3,(H,18,19). The normalized spacial score (nSPS) is 10.3. The molecule has 1 amide bonds. The average molecular weight is 317 g/mol. The van der Waals surface area contributed by atoms with Gasteiger partial charge in [0.2, 0.25) is 5.91 Å². The van der Waals surface area contributed by atoms with Gasteiger partial charge in [-0.05, 0) is 31.2 Å². The Labute approximate surface area is 134 Å². The Bertz CT molecular complexity index is 555. The fourth-order valence-corrected chi connectivity index (χ4v) is 3.23. The third-order valence-corrected chi connectivity index (χ3v) is 4.85. The van der Waals surface area contributed by atoms with Gasteiger partial charge in [0.25, 0.3) is 0 Å². The Morgan fingerprint density at radius 3 is 2.33 bits per heavy atom. The fraction of sp³-hybridized carbons (Fsp3) is 0.235. The lowest BCUT2D eigenvalue weighted by molar-refractivity contribution is -0.118. The minimum absolute atomic E-state index is 0.0919. The first-order valence-electron chi connectivity index (χ1n) is 6.88. The van der Waals surface area contributed by atoms with Gasteiger partial charge in [0, 0.05) is 22.1 Å². The van der Waals surface area contributed by atoms with Gasteiger partial charge >= 0.3 is 0 Å². The highest BCUT2D eigenvalue weighted by Crippen LogP contribution is 2.18. The monoisotopic (exact) mass is 317 g/mol. The summed E-state index contributed by atoms with van der Waals surface area (Å²) < 4.78 is 0. The number of hydrogen-bond acceptors (Lipinski definition) is 3. The van der Waals surface area contributed by atoms with Crippen LogP contribution in [0.15, 0.2) is 64.4 Å². The highest BCUT2D eigenvalue weighted by molar-refractivity contribution is 8.00. The van der Waals surface area contributed by atoms with Gasteiger partial charge in [-0.3, -0.25) is 4.79 Å². The largest absolute Gasteiger partial charge is 0.355 e. The van der Waals surface area contributed by atoms with Crippen molar-refractivity contribution in [1.82, 2.24) is 5.32 Å². The first kappa shape index (κ1) is 16.0. The van der Waals surface area contributed by atoms with Gasteiger partial charge in [0.1, 0.15) is 0 Å². The van der Waals surface area contributed by atoms with Crippen molar-refractivity contribution < 1.29 is 4.79 Å². The van der Waals surface area contributed by atoms with Gasteiger partial charge in [-0.1, -0.05) is 35.9 Å². The highest BCUT2D eigenvalue weighted by Gasteiger charge is 2.02. The summed E-state index contributed by atoms with van der Waals surface area (Å²) >= 11 is 3.33. The van der Waals surface area contributed by atoms with Crippen LogP contribution in [0.4, 0.5) is 0 Å². The minimum atomic E-state index is 0.0919. The summed E-state index contributed by atoms with van der Waals surface area (Å²) in [5, 5.41) is 2.95. The predicted octanol–water partition coefficient (Wildman–Crippen LogP) is 4.00. The van der Waals surface area contributed by atoms with Crippen LogP contribution in [0.5, 0.6) is 0 Å². The molecule has 0 spiro atoms. The topological polar surface area (TPSA) is 29.1 Å². The fourth-order valence-electron chi connectivity index (χ4n) is 1.71. The van der Waals surface area contributed by atoms with Crippen molar-refractivity contribution in [3.63, 3.8) is 0 Å². The zero-order valence-corrected chi connectivity index (χ0v) is 13.7. The van der Waals surface area contributed by atoms with E-state index in [1.165, 1.54) is 10.5 Å². The van der Waals surface area contributed by atoms with E-state index < -0.39 is 0 Å². The average Bonchev–Trinajstić information content (AvgIpc) is 2.52. The van der Waals surface area contributed by atoms with Crippen molar-refractivity contribution >= 4 is 29.4 Å². The molecule has 0 aliphatic heterocycles. The molecular weight excluding hydrogens is 298 g/mol. The van der Waals surface area contributed by atoms with E-state index >= 15 is 0 Å². The molecule has 0 radical (unpaired) electrons. The van der Waals surface area contributed by atoms with Crippen LogP contribution in [-0.4, -0.2) is 24.0 Å². The quantitative estimate of drug-likeness (QED) is 0.618. The number of rotatable bonds is 7. The van der Waals surface area contributed by atoms with Crippen molar-refractivity contribution in [2.24, 2.45) is 0 Å². The molecule has 21 heavy (non-hydrogen) atoms. The van der Waals surface area contributed by atoms with Crippen molar-refractivity contribution in [3.05, 3.63) is 60.2 Å². The zero-order valence-electron chi connectivity index (χ0n) is 12.0. The zero-order chi connectivity index (χ0) is 14.9. The minimum Gasteiger partial charge on any atom is -0.355 e. The number of hydrogen-bond donors (Lipinski definition) is 1. The smallest absolute Gasteiger partial charge is 0.230 e. The molecule has 0 aliphatic carbocycles. The maximum Gasteiger partial charge on any atom is 0.230 e. The van der Waals surface area contributed by atoms with E-state index in [2.05, 4.69) is 48.6 Å². The Morgan fingerprint density at radius 1 is 0.952 bits per heavy atom. The number of thioether (sulfide) groups is 2. The van der Waals surface area contributed by atoms with Crippen LogP contribution in [0.25, 0.3) is 0 Å². The Kier molecular flexibility index (Phi) is 6.70. The SMILES string of the molecule is Cc1ccc(SCC(=O)NCCSc2ccccc2)cc1.